The number of hydrogen-bond donors (Lipinski definition) is 2. The van der Waals surface area contributed by atoms with Gasteiger partial charge >= 0.3 is 0 Å². The molecule has 1 heterocycles. The van der Waals surface area contributed by atoms with Crippen molar-refractivity contribution in [3.63, 3.8) is 0 Å². The zero-order chi connectivity index (χ0) is 11.8. The molecule has 0 aromatic carbocycles. The van der Waals surface area contributed by atoms with E-state index in [0.717, 1.165) is 29.5 Å². The molecule has 1 aromatic rings. The van der Waals surface area contributed by atoms with Gasteiger partial charge < -0.3 is 11.1 Å². The smallest absolute Gasteiger partial charge is 0.249 e. The summed E-state index contributed by atoms with van der Waals surface area (Å²) in [6, 6.07) is 1.84. The van der Waals surface area contributed by atoms with E-state index in [2.05, 4.69) is 11.9 Å². The Morgan fingerprint density at radius 3 is 3.12 bits per heavy atom. The maximum Gasteiger partial charge on any atom is 0.249 e. The molecular weight excluding hydrogens is 240 g/mol. The van der Waals surface area contributed by atoms with Crippen molar-refractivity contribution in [1.29, 1.82) is 0 Å². The zero-order valence-electron chi connectivity index (χ0n) is 9.07. The Morgan fingerprint density at radius 1 is 1.69 bits per heavy atom. The number of carbonyl (C=O) groups excluding carboxylic acids is 1. The molecule has 0 aliphatic carbocycles. The van der Waals surface area contributed by atoms with E-state index in [9.17, 15) is 4.79 Å². The van der Waals surface area contributed by atoms with Gasteiger partial charge in [0.2, 0.25) is 5.91 Å². The molecule has 0 saturated heterocycles. The minimum Gasteiger partial charge on any atom is -0.366 e. The van der Waals surface area contributed by atoms with Crippen LogP contribution in [0.5, 0.6) is 0 Å². The Bertz CT molecular complexity index is 350. The zero-order valence-corrected chi connectivity index (χ0v) is 10.7. The first kappa shape index (κ1) is 13.3. The molecule has 1 aromatic heterocycles. The SMILES string of the molecule is C=CCSCCNCc1cc(C(N)=O)cs1. The summed E-state index contributed by atoms with van der Waals surface area (Å²) < 4.78 is 0. The quantitative estimate of drug-likeness (QED) is 0.551. The van der Waals surface area contributed by atoms with E-state index in [0.29, 0.717) is 5.56 Å². The van der Waals surface area contributed by atoms with Crippen molar-refractivity contribution in [2.75, 3.05) is 18.1 Å². The average molecular weight is 256 g/mol. The molecule has 16 heavy (non-hydrogen) atoms. The molecule has 1 rings (SSSR count). The second kappa shape index (κ2) is 7.49. The van der Waals surface area contributed by atoms with Gasteiger partial charge in [0.1, 0.15) is 0 Å². The third-order valence-corrected chi connectivity index (χ3v) is 3.80. The molecule has 3 nitrogen and oxygen atoms in total. The Kier molecular flexibility index (Phi) is 6.22. The van der Waals surface area contributed by atoms with Crippen LogP contribution < -0.4 is 11.1 Å². The first-order valence-corrected chi connectivity index (χ1v) is 7.04. The summed E-state index contributed by atoms with van der Waals surface area (Å²) in [7, 11) is 0. The van der Waals surface area contributed by atoms with Gasteiger partial charge in [-0.3, -0.25) is 4.79 Å². The van der Waals surface area contributed by atoms with Crippen LogP contribution in [0.4, 0.5) is 0 Å². The van der Waals surface area contributed by atoms with Gasteiger partial charge in [-0.1, -0.05) is 6.08 Å². The monoisotopic (exact) mass is 256 g/mol. The molecule has 5 heteroatoms. The van der Waals surface area contributed by atoms with Crippen LogP contribution in [0.3, 0.4) is 0 Å². The van der Waals surface area contributed by atoms with Crippen molar-refractivity contribution >= 4 is 29.0 Å². The van der Waals surface area contributed by atoms with Crippen LogP contribution in [0.1, 0.15) is 15.2 Å². The molecule has 0 spiro atoms. The third kappa shape index (κ3) is 4.83. The molecule has 88 valence electrons. The number of carbonyl (C=O) groups is 1. The summed E-state index contributed by atoms with van der Waals surface area (Å²) >= 11 is 3.41. The molecule has 0 bridgehead atoms. The lowest BCUT2D eigenvalue weighted by Gasteiger charge is -2.01. The van der Waals surface area contributed by atoms with Crippen molar-refractivity contribution in [3.05, 3.63) is 34.5 Å². The average Bonchev–Trinajstić information content (AvgIpc) is 2.72. The molecular formula is C11H16N2OS2. The summed E-state index contributed by atoms with van der Waals surface area (Å²) in [5.74, 6) is 1.70. The van der Waals surface area contributed by atoms with Crippen molar-refractivity contribution in [2.45, 2.75) is 6.54 Å². The number of primary amides is 1. The van der Waals surface area contributed by atoms with Gasteiger partial charge in [-0.2, -0.15) is 11.8 Å². The second-order valence-corrected chi connectivity index (χ2v) is 5.35. The van der Waals surface area contributed by atoms with Crippen LogP contribution in [-0.2, 0) is 6.54 Å². The van der Waals surface area contributed by atoms with Gasteiger partial charge in [0.05, 0.1) is 5.56 Å². The molecule has 0 aliphatic rings. The Balaban J connectivity index is 2.16. The van der Waals surface area contributed by atoms with Crippen molar-refractivity contribution in [2.24, 2.45) is 5.73 Å². The van der Waals surface area contributed by atoms with Gasteiger partial charge in [-0.25, -0.2) is 0 Å². The highest BCUT2D eigenvalue weighted by atomic mass is 32.2. The van der Waals surface area contributed by atoms with Crippen LogP contribution in [0.25, 0.3) is 0 Å². The number of thiophene rings is 1. The number of rotatable bonds is 8. The number of amides is 1. The normalized spacial score (nSPS) is 10.2. The van der Waals surface area contributed by atoms with E-state index < -0.39 is 0 Å². The van der Waals surface area contributed by atoms with Crippen LogP contribution in [0.15, 0.2) is 24.1 Å². The lowest BCUT2D eigenvalue weighted by molar-refractivity contribution is 0.100. The van der Waals surface area contributed by atoms with E-state index in [1.165, 1.54) is 0 Å². The van der Waals surface area contributed by atoms with Crippen LogP contribution in [0.2, 0.25) is 0 Å². The predicted molar refractivity (Wildman–Crippen MR) is 72.1 cm³/mol. The van der Waals surface area contributed by atoms with Crippen molar-refractivity contribution in [3.8, 4) is 0 Å². The Hall–Kier alpha value is -0.780. The fourth-order valence-electron chi connectivity index (χ4n) is 1.13. The van der Waals surface area contributed by atoms with Crippen LogP contribution >= 0.6 is 23.1 Å². The molecule has 0 unspecified atom stereocenters. The molecule has 0 saturated carbocycles. The van der Waals surface area contributed by atoms with E-state index in [1.807, 2.05) is 23.9 Å². The lowest BCUT2D eigenvalue weighted by atomic mass is 10.3. The predicted octanol–water partition coefficient (Wildman–Crippen LogP) is 1.86. The Labute approximate surface area is 104 Å². The standard InChI is InChI=1S/C11H16N2OS2/c1-2-4-15-5-3-13-7-10-6-9(8-16-10)11(12)14/h2,6,8,13H,1,3-5,7H2,(H2,12,14). The first-order valence-electron chi connectivity index (χ1n) is 5.00. The minimum absolute atomic E-state index is 0.357. The lowest BCUT2D eigenvalue weighted by Crippen LogP contribution is -2.16. The summed E-state index contributed by atoms with van der Waals surface area (Å²) in [4.78, 5) is 12.0. The fourth-order valence-corrected chi connectivity index (χ4v) is 2.59. The number of nitrogens with one attached hydrogen (secondary N) is 1. The second-order valence-electron chi connectivity index (χ2n) is 3.21. The largest absolute Gasteiger partial charge is 0.366 e. The molecule has 0 aliphatic heterocycles. The Morgan fingerprint density at radius 2 is 2.50 bits per heavy atom. The highest BCUT2D eigenvalue weighted by Gasteiger charge is 2.03. The van der Waals surface area contributed by atoms with Gasteiger partial charge in [-0.05, 0) is 6.07 Å². The molecule has 3 N–H and O–H groups in total. The van der Waals surface area contributed by atoms with E-state index in [-0.39, 0.29) is 5.91 Å². The highest BCUT2D eigenvalue weighted by molar-refractivity contribution is 7.99. The van der Waals surface area contributed by atoms with Crippen LogP contribution in [0, 0.1) is 0 Å². The van der Waals surface area contributed by atoms with Gasteiger partial charge in [0.25, 0.3) is 0 Å². The van der Waals surface area contributed by atoms with Crippen LogP contribution in [-0.4, -0.2) is 24.0 Å². The summed E-state index contributed by atoms with van der Waals surface area (Å²) in [5, 5.41) is 5.11. The molecule has 0 fully saturated rings. The van der Waals surface area contributed by atoms with Gasteiger partial charge in [-0.15, -0.1) is 17.9 Å². The third-order valence-electron chi connectivity index (χ3n) is 1.90. The van der Waals surface area contributed by atoms with Crippen molar-refractivity contribution < 1.29 is 4.79 Å². The van der Waals surface area contributed by atoms with Gasteiger partial charge in [0.15, 0.2) is 0 Å². The van der Waals surface area contributed by atoms with Gasteiger partial charge in [0, 0.05) is 34.9 Å². The summed E-state index contributed by atoms with van der Waals surface area (Å²) in [5.41, 5.74) is 5.77. The minimum atomic E-state index is -0.357. The first-order chi connectivity index (χ1) is 7.74. The highest BCUT2D eigenvalue weighted by Crippen LogP contribution is 2.13. The number of hydrogen-bond acceptors (Lipinski definition) is 4. The summed E-state index contributed by atoms with van der Waals surface area (Å²) in [6.07, 6.45) is 1.91. The summed E-state index contributed by atoms with van der Waals surface area (Å²) in [6.45, 7) is 5.42. The maximum absolute atomic E-state index is 10.9. The van der Waals surface area contributed by atoms with E-state index in [1.54, 1.807) is 16.7 Å². The van der Waals surface area contributed by atoms with Crippen molar-refractivity contribution in [1.82, 2.24) is 5.32 Å². The number of nitrogens with two attached hydrogens (primary N) is 1. The molecule has 0 atom stereocenters. The number of thioether (sulfide) groups is 1. The topological polar surface area (TPSA) is 55.1 Å². The molecule has 1 amide bonds. The maximum atomic E-state index is 10.9. The van der Waals surface area contributed by atoms with E-state index in [4.69, 9.17) is 5.73 Å². The molecule has 0 radical (unpaired) electrons. The fraction of sp³-hybridized carbons (Fsp3) is 0.364. The van der Waals surface area contributed by atoms with E-state index >= 15 is 0 Å².